The predicted molar refractivity (Wildman–Crippen MR) is 138 cm³/mol. The average molecular weight is 480 g/mol. The number of likely N-dealkylation sites (tertiary alicyclic amines) is 1. The Morgan fingerprint density at radius 2 is 1.57 bits per heavy atom. The van der Waals surface area contributed by atoms with Gasteiger partial charge in [0, 0.05) is 42.5 Å². The highest BCUT2D eigenvalue weighted by atomic mass is 16.3. The molecule has 0 aromatic heterocycles. The minimum Gasteiger partial charge on any atom is -0.390 e. The third kappa shape index (κ3) is 6.69. The summed E-state index contributed by atoms with van der Waals surface area (Å²) in [7, 11) is 1.56. The first kappa shape index (κ1) is 26.4. The zero-order valence-corrected chi connectivity index (χ0v) is 21.2. The predicted octanol–water partition coefficient (Wildman–Crippen LogP) is 4.77. The van der Waals surface area contributed by atoms with Crippen LogP contribution in [-0.4, -0.2) is 53.5 Å². The second kappa shape index (κ2) is 11.5. The van der Waals surface area contributed by atoms with E-state index in [4.69, 9.17) is 0 Å². The Bertz CT molecular complexity index is 1050. The molecule has 0 unspecified atom stereocenters. The molecule has 7 heteroatoms. The van der Waals surface area contributed by atoms with E-state index in [1.165, 1.54) is 0 Å². The minimum absolute atomic E-state index is 0.183. The number of nitrogens with zero attached hydrogens (tertiary/aromatic N) is 1. The van der Waals surface area contributed by atoms with Gasteiger partial charge in [0.1, 0.15) is 0 Å². The van der Waals surface area contributed by atoms with Crippen LogP contribution in [0, 0.1) is 12.8 Å². The zero-order chi connectivity index (χ0) is 25.6. The highest BCUT2D eigenvalue weighted by molar-refractivity contribution is 6.10. The van der Waals surface area contributed by atoms with Gasteiger partial charge in [-0.3, -0.25) is 9.59 Å². The number of aryl methyl sites for hydroxylation is 1. The van der Waals surface area contributed by atoms with Gasteiger partial charge in [-0.1, -0.05) is 38.8 Å². The molecule has 3 N–H and O–H groups in total. The highest BCUT2D eigenvalue weighted by Crippen LogP contribution is 2.31. The first-order valence-electron chi connectivity index (χ1n) is 12.4. The lowest BCUT2D eigenvalue weighted by Gasteiger charge is -2.39. The summed E-state index contributed by atoms with van der Waals surface area (Å²) in [6, 6.07) is 11.5. The van der Waals surface area contributed by atoms with Crippen LogP contribution in [0.3, 0.4) is 0 Å². The largest absolute Gasteiger partial charge is 0.390 e. The number of carbonyl (C=O) groups excluding carboxylic acids is 3. The van der Waals surface area contributed by atoms with Crippen LogP contribution in [0.25, 0.3) is 0 Å². The van der Waals surface area contributed by atoms with Crippen LogP contribution in [0.4, 0.5) is 10.5 Å². The number of amides is 3. The quantitative estimate of drug-likeness (QED) is 0.475. The van der Waals surface area contributed by atoms with Crippen molar-refractivity contribution in [3.05, 3.63) is 64.7 Å². The number of carbonyl (C=O) groups is 3. The normalized spacial score (nSPS) is 15.1. The van der Waals surface area contributed by atoms with Crippen LogP contribution < -0.4 is 10.6 Å². The van der Waals surface area contributed by atoms with Crippen LogP contribution in [0.15, 0.2) is 42.5 Å². The Balaban J connectivity index is 1.65. The maximum atomic E-state index is 13.0. The van der Waals surface area contributed by atoms with Crippen LogP contribution in [0.1, 0.15) is 77.8 Å². The first-order valence-corrected chi connectivity index (χ1v) is 12.4. The lowest BCUT2D eigenvalue weighted by molar-refractivity contribution is -0.0309. The fraction of sp³-hybridized carbons (Fsp3) is 0.464. The van der Waals surface area contributed by atoms with Crippen LogP contribution in [0.2, 0.25) is 0 Å². The van der Waals surface area contributed by atoms with E-state index >= 15 is 0 Å². The van der Waals surface area contributed by atoms with E-state index in [2.05, 4.69) is 24.5 Å². The monoisotopic (exact) mass is 479 g/mol. The number of nitrogens with one attached hydrogen (secondary N) is 2. The molecule has 1 aliphatic rings. The number of anilines is 1. The topological polar surface area (TPSA) is 98.7 Å². The van der Waals surface area contributed by atoms with E-state index in [0.717, 1.165) is 24.8 Å². The van der Waals surface area contributed by atoms with Crippen LogP contribution in [-0.2, 0) is 0 Å². The summed E-state index contributed by atoms with van der Waals surface area (Å²) < 4.78 is 0. The van der Waals surface area contributed by atoms with Gasteiger partial charge < -0.3 is 20.6 Å². The fourth-order valence-electron chi connectivity index (χ4n) is 4.72. The Morgan fingerprint density at radius 1 is 0.971 bits per heavy atom. The zero-order valence-electron chi connectivity index (χ0n) is 21.2. The van der Waals surface area contributed by atoms with E-state index < -0.39 is 5.60 Å². The van der Waals surface area contributed by atoms with Gasteiger partial charge in [0.15, 0.2) is 5.78 Å². The molecule has 0 aliphatic carbocycles. The lowest BCUT2D eigenvalue weighted by atomic mass is 9.81. The minimum atomic E-state index is -0.705. The van der Waals surface area contributed by atoms with Crippen molar-refractivity contribution in [3.8, 4) is 0 Å². The van der Waals surface area contributed by atoms with Gasteiger partial charge in [-0.2, -0.15) is 0 Å². The molecule has 2 aromatic rings. The molecule has 0 bridgehead atoms. The molecule has 2 aromatic carbocycles. The van der Waals surface area contributed by atoms with Crippen molar-refractivity contribution in [2.24, 2.45) is 5.92 Å². The summed E-state index contributed by atoms with van der Waals surface area (Å²) in [6.07, 6.45) is 4.02. The fourth-order valence-corrected chi connectivity index (χ4v) is 4.72. The summed E-state index contributed by atoms with van der Waals surface area (Å²) in [6.45, 7) is 7.18. The second-order valence-corrected chi connectivity index (χ2v) is 9.60. The summed E-state index contributed by atoms with van der Waals surface area (Å²) in [4.78, 5) is 39.4. The molecular formula is C28H37N3O4. The van der Waals surface area contributed by atoms with Gasteiger partial charge in [-0.25, -0.2) is 4.79 Å². The number of aliphatic hydroxyl groups is 1. The maximum absolute atomic E-state index is 13.0. The van der Waals surface area contributed by atoms with Crippen molar-refractivity contribution < 1.29 is 19.5 Å². The van der Waals surface area contributed by atoms with Gasteiger partial charge in [0.25, 0.3) is 5.91 Å². The third-order valence-electron chi connectivity index (χ3n) is 7.03. The highest BCUT2D eigenvalue weighted by Gasteiger charge is 2.35. The smallest absolute Gasteiger partial charge is 0.321 e. The molecular weight excluding hydrogens is 442 g/mol. The Hall–Kier alpha value is -3.19. The average Bonchev–Trinajstić information content (AvgIpc) is 2.86. The van der Waals surface area contributed by atoms with Gasteiger partial charge in [0.05, 0.1) is 5.60 Å². The number of benzene rings is 2. The maximum Gasteiger partial charge on any atom is 0.321 e. The number of hydrogen-bond acceptors (Lipinski definition) is 4. The molecule has 1 saturated heterocycles. The SMILES string of the molecule is CCC(CC)CC1(O)CCN(C(=O)Nc2cc(C)cc(C(=O)c3ccc(C(=O)NC)cc3)c2)CC1. The van der Waals surface area contributed by atoms with Gasteiger partial charge in [-0.15, -0.1) is 0 Å². The van der Waals surface area contributed by atoms with E-state index in [1.807, 2.05) is 13.0 Å². The summed E-state index contributed by atoms with van der Waals surface area (Å²) in [5.41, 5.74) is 2.11. The molecule has 3 amide bonds. The molecule has 7 nitrogen and oxygen atoms in total. The molecule has 35 heavy (non-hydrogen) atoms. The van der Waals surface area contributed by atoms with Crippen molar-refractivity contribution in [2.75, 3.05) is 25.5 Å². The van der Waals surface area contributed by atoms with Crippen molar-refractivity contribution in [1.82, 2.24) is 10.2 Å². The van der Waals surface area contributed by atoms with Gasteiger partial charge >= 0.3 is 6.03 Å². The molecule has 1 aliphatic heterocycles. The summed E-state index contributed by atoms with van der Waals surface area (Å²) >= 11 is 0. The summed E-state index contributed by atoms with van der Waals surface area (Å²) in [5, 5.41) is 16.5. The van der Waals surface area contributed by atoms with E-state index in [-0.39, 0.29) is 17.7 Å². The molecule has 1 heterocycles. The van der Waals surface area contributed by atoms with E-state index in [1.54, 1.807) is 48.3 Å². The molecule has 1 fully saturated rings. The second-order valence-electron chi connectivity index (χ2n) is 9.60. The molecule has 0 spiro atoms. The van der Waals surface area contributed by atoms with Crippen molar-refractivity contribution in [2.45, 2.75) is 58.5 Å². The standard InChI is InChI=1S/C28H37N3O4/c1-5-20(6-2)18-28(35)11-13-31(14-12-28)27(34)30-24-16-19(3)15-23(17-24)25(32)21-7-9-22(10-8-21)26(33)29-4/h7-10,15-17,20,35H,5-6,11-14,18H2,1-4H3,(H,29,33)(H,30,34). The molecule has 3 rings (SSSR count). The van der Waals surface area contributed by atoms with Crippen molar-refractivity contribution in [1.29, 1.82) is 0 Å². The first-order chi connectivity index (χ1) is 16.7. The number of urea groups is 1. The third-order valence-corrected chi connectivity index (χ3v) is 7.03. The van der Waals surface area contributed by atoms with E-state index in [0.29, 0.717) is 54.2 Å². The Morgan fingerprint density at radius 3 is 2.14 bits per heavy atom. The van der Waals surface area contributed by atoms with E-state index in [9.17, 15) is 19.5 Å². The Kier molecular flexibility index (Phi) is 8.67. The number of ketones is 1. The van der Waals surface area contributed by atoms with Crippen molar-refractivity contribution in [3.63, 3.8) is 0 Å². The molecule has 0 radical (unpaired) electrons. The van der Waals surface area contributed by atoms with Crippen molar-refractivity contribution >= 4 is 23.4 Å². The lowest BCUT2D eigenvalue weighted by Crippen LogP contribution is -2.48. The van der Waals surface area contributed by atoms with Gasteiger partial charge in [-0.05, 0) is 68.0 Å². The molecule has 188 valence electrons. The number of rotatable bonds is 8. The van der Waals surface area contributed by atoms with Crippen LogP contribution in [0.5, 0.6) is 0 Å². The van der Waals surface area contributed by atoms with Crippen LogP contribution >= 0.6 is 0 Å². The molecule has 0 atom stereocenters. The summed E-state index contributed by atoms with van der Waals surface area (Å²) in [5.74, 6) is 0.108. The number of hydrogen-bond donors (Lipinski definition) is 3. The molecule has 0 saturated carbocycles. The number of piperidine rings is 1. The van der Waals surface area contributed by atoms with Gasteiger partial charge in [0.2, 0.25) is 0 Å². The Labute approximate surface area is 207 Å².